The predicted octanol–water partition coefficient (Wildman–Crippen LogP) is 4.74. The molecule has 3 aromatic rings. The minimum absolute atomic E-state index is 0.0785. The van der Waals surface area contributed by atoms with Crippen molar-refractivity contribution in [1.29, 1.82) is 0 Å². The molecule has 2 heterocycles. The van der Waals surface area contributed by atoms with E-state index in [1.54, 1.807) is 36.5 Å². The van der Waals surface area contributed by atoms with Gasteiger partial charge in [0.05, 0.1) is 6.54 Å². The monoisotopic (exact) mass is 420 g/mol. The van der Waals surface area contributed by atoms with Gasteiger partial charge < -0.3 is 9.64 Å². The third kappa shape index (κ3) is 4.07. The third-order valence-corrected chi connectivity index (χ3v) is 5.58. The Morgan fingerprint density at radius 1 is 1.20 bits per heavy atom. The smallest absolute Gasteiger partial charge is 0.232 e. The summed E-state index contributed by atoms with van der Waals surface area (Å²) in [6, 6.07) is 16.2. The molecule has 1 atom stereocenters. The molecule has 1 unspecified atom stereocenters. The highest BCUT2D eigenvalue weighted by atomic mass is 35.5. The van der Waals surface area contributed by atoms with Crippen molar-refractivity contribution in [3.63, 3.8) is 0 Å². The Hall–Kier alpha value is -3.18. The summed E-state index contributed by atoms with van der Waals surface area (Å²) in [4.78, 5) is 30.9. The van der Waals surface area contributed by atoms with E-state index in [0.717, 1.165) is 30.5 Å². The van der Waals surface area contributed by atoms with Crippen LogP contribution in [-0.4, -0.2) is 36.2 Å². The van der Waals surface area contributed by atoms with Gasteiger partial charge in [-0.25, -0.2) is 4.98 Å². The van der Waals surface area contributed by atoms with Gasteiger partial charge in [-0.05, 0) is 42.8 Å². The maximum absolute atomic E-state index is 12.9. The second kappa shape index (κ2) is 8.67. The van der Waals surface area contributed by atoms with E-state index in [1.807, 2.05) is 31.2 Å². The van der Waals surface area contributed by atoms with Gasteiger partial charge in [-0.2, -0.15) is 0 Å². The summed E-state index contributed by atoms with van der Waals surface area (Å²) < 4.78 is 5.94. The molecule has 4 rings (SSSR count). The molecule has 5 nitrogen and oxygen atoms in total. The van der Waals surface area contributed by atoms with E-state index in [4.69, 9.17) is 16.3 Å². The summed E-state index contributed by atoms with van der Waals surface area (Å²) in [5, 5.41) is 0.476. The normalized spacial score (nSPS) is 15.8. The van der Waals surface area contributed by atoms with Crippen molar-refractivity contribution >= 4 is 29.4 Å². The van der Waals surface area contributed by atoms with E-state index in [-0.39, 0.29) is 11.9 Å². The molecular formula is C24H21ClN2O3. The van der Waals surface area contributed by atoms with Crippen LogP contribution in [0.1, 0.15) is 38.3 Å². The molecular weight excluding hydrogens is 400 g/mol. The van der Waals surface area contributed by atoms with Crippen molar-refractivity contribution in [3.8, 4) is 5.88 Å². The molecule has 1 aliphatic rings. The summed E-state index contributed by atoms with van der Waals surface area (Å²) in [6.45, 7) is 3.25. The Morgan fingerprint density at radius 3 is 2.80 bits per heavy atom. The second-order valence-electron chi connectivity index (χ2n) is 7.30. The fourth-order valence-corrected chi connectivity index (χ4v) is 3.89. The second-order valence-corrected chi connectivity index (χ2v) is 7.71. The molecule has 1 aromatic heterocycles. The summed E-state index contributed by atoms with van der Waals surface area (Å²) in [5.74, 6) is 0.330. The lowest BCUT2D eigenvalue weighted by atomic mass is 9.97. The number of aromatic nitrogens is 1. The van der Waals surface area contributed by atoms with Crippen molar-refractivity contribution in [2.75, 3.05) is 18.0 Å². The Morgan fingerprint density at radius 2 is 2.03 bits per heavy atom. The Bertz CT molecular complexity index is 1100. The van der Waals surface area contributed by atoms with E-state index in [0.29, 0.717) is 34.1 Å². The summed E-state index contributed by atoms with van der Waals surface area (Å²) in [7, 11) is 0. The van der Waals surface area contributed by atoms with Crippen molar-refractivity contribution in [3.05, 3.63) is 88.1 Å². The molecule has 1 fully saturated rings. The lowest BCUT2D eigenvalue weighted by molar-refractivity contribution is 0.103. The zero-order valence-electron chi connectivity index (χ0n) is 16.5. The number of nitrogens with zero attached hydrogens (tertiary/aromatic N) is 2. The van der Waals surface area contributed by atoms with E-state index >= 15 is 0 Å². The minimum Gasteiger partial charge on any atom is -0.471 e. The van der Waals surface area contributed by atoms with Crippen molar-refractivity contribution in [2.45, 2.75) is 19.4 Å². The number of carbonyl (C=O) groups is 2. The summed E-state index contributed by atoms with van der Waals surface area (Å²) in [6.07, 6.45) is 3.15. The number of ether oxygens (including phenoxy) is 1. The first-order valence-corrected chi connectivity index (χ1v) is 10.2. The van der Waals surface area contributed by atoms with E-state index in [2.05, 4.69) is 9.88 Å². The summed E-state index contributed by atoms with van der Waals surface area (Å²) >= 11 is 6.13. The molecule has 6 heteroatoms. The molecule has 0 amide bonds. The average molecular weight is 421 g/mol. The molecule has 0 N–H and O–H groups in total. The largest absolute Gasteiger partial charge is 0.471 e. The fraction of sp³-hybridized carbons (Fsp3) is 0.208. The van der Waals surface area contributed by atoms with Gasteiger partial charge in [0.25, 0.3) is 0 Å². The first-order chi connectivity index (χ1) is 14.6. The average Bonchev–Trinajstić information content (AvgIpc) is 3.23. The molecule has 30 heavy (non-hydrogen) atoms. The highest BCUT2D eigenvalue weighted by Crippen LogP contribution is 2.29. The lowest BCUT2D eigenvalue weighted by Gasteiger charge is -2.21. The number of aryl methyl sites for hydroxylation is 1. The van der Waals surface area contributed by atoms with Crippen LogP contribution in [0, 0.1) is 6.92 Å². The van der Waals surface area contributed by atoms with E-state index in [9.17, 15) is 9.59 Å². The molecule has 0 aliphatic carbocycles. The van der Waals surface area contributed by atoms with Gasteiger partial charge in [-0.15, -0.1) is 0 Å². The van der Waals surface area contributed by atoms with Crippen LogP contribution in [0.2, 0.25) is 5.02 Å². The zero-order valence-corrected chi connectivity index (χ0v) is 17.3. The predicted molar refractivity (Wildman–Crippen MR) is 117 cm³/mol. The topological polar surface area (TPSA) is 59.5 Å². The van der Waals surface area contributed by atoms with Gasteiger partial charge in [0.1, 0.15) is 11.1 Å². The molecule has 0 spiro atoms. The number of aldehydes is 1. The number of rotatable bonds is 6. The van der Waals surface area contributed by atoms with E-state index < -0.39 is 0 Å². The van der Waals surface area contributed by atoms with Gasteiger partial charge in [-0.3, -0.25) is 9.59 Å². The zero-order chi connectivity index (χ0) is 21.1. The molecule has 1 saturated heterocycles. The first-order valence-electron chi connectivity index (χ1n) is 9.78. The molecule has 0 bridgehead atoms. The van der Waals surface area contributed by atoms with Crippen molar-refractivity contribution < 1.29 is 14.3 Å². The Balaban J connectivity index is 1.53. The lowest BCUT2D eigenvalue weighted by Crippen LogP contribution is -2.25. The highest BCUT2D eigenvalue weighted by Gasteiger charge is 2.27. The number of anilines is 1. The van der Waals surface area contributed by atoms with Crippen LogP contribution in [-0.2, 0) is 0 Å². The number of pyridine rings is 1. The van der Waals surface area contributed by atoms with Crippen LogP contribution in [0.5, 0.6) is 5.88 Å². The number of hydrogen-bond acceptors (Lipinski definition) is 5. The molecule has 0 saturated carbocycles. The van der Waals surface area contributed by atoms with Gasteiger partial charge >= 0.3 is 0 Å². The van der Waals surface area contributed by atoms with Crippen molar-refractivity contribution in [2.24, 2.45) is 0 Å². The molecule has 1 aliphatic heterocycles. The molecule has 152 valence electrons. The van der Waals surface area contributed by atoms with Crippen LogP contribution < -0.4 is 9.64 Å². The number of hydrogen-bond donors (Lipinski definition) is 0. The molecule has 0 radical (unpaired) electrons. The third-order valence-electron chi connectivity index (χ3n) is 5.30. The van der Waals surface area contributed by atoms with Crippen LogP contribution in [0.4, 0.5) is 5.69 Å². The highest BCUT2D eigenvalue weighted by molar-refractivity contribution is 6.31. The quantitative estimate of drug-likeness (QED) is 0.425. The number of benzene rings is 2. The van der Waals surface area contributed by atoms with Crippen LogP contribution >= 0.6 is 11.6 Å². The van der Waals surface area contributed by atoms with Crippen LogP contribution in [0.3, 0.4) is 0 Å². The van der Waals surface area contributed by atoms with E-state index in [1.165, 1.54) is 0 Å². The van der Waals surface area contributed by atoms with Crippen LogP contribution in [0.15, 0.2) is 60.8 Å². The van der Waals surface area contributed by atoms with Crippen LogP contribution in [0.25, 0.3) is 0 Å². The number of carbonyl (C=O) groups excluding carboxylic acids is 2. The minimum atomic E-state index is -0.0878. The number of halogens is 1. The van der Waals surface area contributed by atoms with Gasteiger partial charge in [0.2, 0.25) is 5.88 Å². The molecule has 2 aromatic carbocycles. The SMILES string of the molecule is Cc1ccccc1C(=O)c1ccc(N2CCC(Oc3ncccc3Cl)C2)c(C=O)c1. The Labute approximate surface area is 180 Å². The van der Waals surface area contributed by atoms with Crippen molar-refractivity contribution in [1.82, 2.24) is 4.98 Å². The van der Waals surface area contributed by atoms with Gasteiger partial charge in [0.15, 0.2) is 12.1 Å². The summed E-state index contributed by atoms with van der Waals surface area (Å²) in [5.41, 5.74) is 3.34. The fourth-order valence-electron chi connectivity index (χ4n) is 3.72. The number of ketones is 1. The maximum Gasteiger partial charge on any atom is 0.232 e. The standard InChI is InChI=1S/C24H21ClN2O3/c1-16-5-2-3-6-20(16)23(29)17-8-9-22(18(13-17)15-28)27-12-10-19(14-27)30-24-21(25)7-4-11-26-24/h2-9,11,13,15,19H,10,12,14H2,1H3. The van der Waals surface area contributed by atoms with Gasteiger partial charge in [0, 0.05) is 41.5 Å². The van der Waals surface area contributed by atoms with Gasteiger partial charge in [-0.1, -0.05) is 35.9 Å². The first kappa shape index (κ1) is 20.1. The Kier molecular flexibility index (Phi) is 5.81. The maximum atomic E-state index is 12.9.